The molecule has 0 radical (unpaired) electrons. The van der Waals surface area contributed by atoms with Gasteiger partial charge >= 0.3 is 5.97 Å². The summed E-state index contributed by atoms with van der Waals surface area (Å²) < 4.78 is 0. The summed E-state index contributed by atoms with van der Waals surface area (Å²) in [5.74, 6) is -4.22. The number of nitrogens with one attached hydrogen (secondary N) is 2. The smallest absolute Gasteiger partial charge is 0.322 e. The van der Waals surface area contributed by atoms with Crippen LogP contribution in [0.15, 0.2) is 60.7 Å². The topological polar surface area (TPSA) is 222 Å². The SMILES string of the molecule is C[C@H](NN(C(=O)Cc1cc([N+](=O)[O-])cc([N+](=O)[O-])c1)C(=O)c1ccc(C(=O)NCc2cccc(O)c2)cc1Cl)C(=O)O. The number of carboxylic acids is 1. The molecule has 3 rings (SSSR count). The summed E-state index contributed by atoms with van der Waals surface area (Å²) in [7, 11) is 0. The lowest BCUT2D eigenvalue weighted by molar-refractivity contribution is -0.394. The quantitative estimate of drug-likeness (QED) is 0.185. The van der Waals surface area contributed by atoms with E-state index < -0.39 is 57.4 Å². The van der Waals surface area contributed by atoms with Crippen LogP contribution in [0.3, 0.4) is 0 Å². The Morgan fingerprint density at radius 1 is 0.952 bits per heavy atom. The number of nitro benzene ring substituents is 2. The van der Waals surface area contributed by atoms with Gasteiger partial charge in [0.2, 0.25) is 5.91 Å². The van der Waals surface area contributed by atoms with Gasteiger partial charge in [-0.2, -0.15) is 0 Å². The first-order valence-corrected chi connectivity index (χ1v) is 12.3. The number of phenols is 1. The van der Waals surface area contributed by atoms with Crippen LogP contribution in [0.5, 0.6) is 5.75 Å². The Morgan fingerprint density at radius 2 is 1.60 bits per heavy atom. The normalized spacial score (nSPS) is 11.3. The summed E-state index contributed by atoms with van der Waals surface area (Å²) in [6.45, 7) is 1.20. The lowest BCUT2D eigenvalue weighted by Gasteiger charge is -2.24. The van der Waals surface area contributed by atoms with Crippen LogP contribution in [0.1, 0.15) is 38.8 Å². The summed E-state index contributed by atoms with van der Waals surface area (Å²) in [6.07, 6.45) is -0.763. The first kappa shape index (κ1) is 31.1. The van der Waals surface area contributed by atoms with E-state index in [0.717, 1.165) is 31.2 Å². The Balaban J connectivity index is 1.86. The highest BCUT2D eigenvalue weighted by Gasteiger charge is 2.29. The van der Waals surface area contributed by atoms with Gasteiger partial charge in [-0.1, -0.05) is 23.7 Å². The van der Waals surface area contributed by atoms with Crippen molar-refractivity contribution in [1.82, 2.24) is 15.8 Å². The molecule has 0 aromatic heterocycles. The third-order valence-electron chi connectivity index (χ3n) is 5.71. The molecular weight excluding hydrogens is 578 g/mol. The van der Waals surface area contributed by atoms with E-state index in [0.29, 0.717) is 16.6 Å². The molecular formula is C26H22ClN5O10. The number of halogens is 1. The van der Waals surface area contributed by atoms with E-state index in [9.17, 15) is 49.6 Å². The van der Waals surface area contributed by atoms with E-state index in [1.54, 1.807) is 12.1 Å². The van der Waals surface area contributed by atoms with Gasteiger partial charge in [-0.25, -0.2) is 10.4 Å². The number of hydrogen-bond donors (Lipinski definition) is 4. The molecule has 15 nitrogen and oxygen atoms in total. The van der Waals surface area contributed by atoms with Crippen molar-refractivity contribution >= 4 is 46.7 Å². The van der Waals surface area contributed by atoms with Crippen molar-refractivity contribution in [2.45, 2.75) is 25.9 Å². The highest BCUT2D eigenvalue weighted by Crippen LogP contribution is 2.24. The van der Waals surface area contributed by atoms with Gasteiger partial charge < -0.3 is 15.5 Å². The summed E-state index contributed by atoms with van der Waals surface area (Å²) in [6, 6.07) is 10.8. The maximum Gasteiger partial charge on any atom is 0.322 e. The van der Waals surface area contributed by atoms with Crippen LogP contribution in [0, 0.1) is 20.2 Å². The van der Waals surface area contributed by atoms with Crippen LogP contribution in [-0.2, 0) is 22.6 Å². The van der Waals surface area contributed by atoms with Crippen molar-refractivity contribution in [1.29, 1.82) is 0 Å². The Morgan fingerprint density at radius 3 is 2.14 bits per heavy atom. The number of nitro groups is 2. The lowest BCUT2D eigenvalue weighted by Crippen LogP contribution is -2.53. The predicted molar refractivity (Wildman–Crippen MR) is 146 cm³/mol. The first-order valence-electron chi connectivity index (χ1n) is 11.9. The minimum atomic E-state index is -1.47. The summed E-state index contributed by atoms with van der Waals surface area (Å²) in [5, 5.41) is 44.0. The molecule has 0 unspecified atom stereocenters. The van der Waals surface area contributed by atoms with Crippen LogP contribution in [0.2, 0.25) is 5.02 Å². The van der Waals surface area contributed by atoms with Gasteiger partial charge in [0.1, 0.15) is 11.8 Å². The van der Waals surface area contributed by atoms with Gasteiger partial charge in [0.05, 0.1) is 32.9 Å². The van der Waals surface area contributed by atoms with Crippen LogP contribution < -0.4 is 10.7 Å². The van der Waals surface area contributed by atoms with Crippen molar-refractivity contribution in [3.05, 3.63) is 108 Å². The molecule has 0 spiro atoms. The summed E-state index contributed by atoms with van der Waals surface area (Å²) in [5.41, 5.74) is 1.06. The number of hydrazine groups is 1. The Labute approximate surface area is 241 Å². The fourth-order valence-electron chi connectivity index (χ4n) is 3.62. The van der Waals surface area contributed by atoms with Gasteiger partial charge in [-0.15, -0.1) is 0 Å². The van der Waals surface area contributed by atoms with Gasteiger partial charge in [0.15, 0.2) is 0 Å². The Hall–Kier alpha value is -5.41. The van der Waals surface area contributed by atoms with Crippen LogP contribution >= 0.6 is 11.6 Å². The third kappa shape index (κ3) is 7.83. The number of aromatic hydroxyl groups is 1. The molecule has 3 aromatic carbocycles. The molecule has 3 aromatic rings. The van der Waals surface area contributed by atoms with E-state index in [2.05, 4.69) is 10.7 Å². The van der Waals surface area contributed by atoms with Crippen molar-refractivity contribution in [2.75, 3.05) is 0 Å². The number of aliphatic carboxylic acids is 1. The number of imide groups is 1. The number of hydrogen-bond acceptors (Lipinski definition) is 10. The number of rotatable bonds is 11. The number of phenolic OH excluding ortho intramolecular Hbond substituents is 1. The standard InChI is InChI=1S/C26H22ClN5O10/c1-14(26(37)38)29-30(23(34)10-16-7-18(31(39)40)12-19(8-16)32(41)42)25(36)21-6-5-17(11-22(21)27)24(35)28-13-15-3-2-4-20(33)9-15/h2-9,11-12,14,29,33H,10,13H2,1H3,(H,28,35)(H,37,38)/t14-/m0/s1. The maximum absolute atomic E-state index is 13.4. The molecule has 42 heavy (non-hydrogen) atoms. The number of carbonyl (C=O) groups is 4. The summed E-state index contributed by atoms with van der Waals surface area (Å²) >= 11 is 6.26. The molecule has 218 valence electrons. The molecule has 3 amide bonds. The molecule has 0 bridgehead atoms. The maximum atomic E-state index is 13.4. The van der Waals surface area contributed by atoms with Gasteiger partial charge in [-0.3, -0.25) is 39.4 Å². The Kier molecular flexibility index (Phi) is 9.85. The minimum absolute atomic E-state index is 0.0151. The number of carboxylic acid groups (broad SMARTS) is 1. The fraction of sp³-hybridized carbons (Fsp3) is 0.154. The second kappa shape index (κ2) is 13.3. The van der Waals surface area contributed by atoms with Crippen LogP contribution in [0.25, 0.3) is 0 Å². The van der Waals surface area contributed by atoms with Crippen LogP contribution in [-0.4, -0.2) is 54.8 Å². The molecule has 0 aliphatic heterocycles. The van der Waals surface area contributed by atoms with Gasteiger partial charge in [0.25, 0.3) is 23.2 Å². The van der Waals surface area contributed by atoms with E-state index in [1.807, 2.05) is 0 Å². The molecule has 0 saturated heterocycles. The number of non-ortho nitro benzene ring substituents is 2. The molecule has 0 saturated carbocycles. The second-order valence-corrected chi connectivity index (χ2v) is 9.23. The monoisotopic (exact) mass is 599 g/mol. The lowest BCUT2D eigenvalue weighted by atomic mass is 10.1. The molecule has 16 heteroatoms. The minimum Gasteiger partial charge on any atom is -0.508 e. The number of benzene rings is 3. The number of amides is 3. The molecule has 0 heterocycles. The molecule has 1 atom stereocenters. The highest BCUT2D eigenvalue weighted by molar-refractivity contribution is 6.34. The average molecular weight is 600 g/mol. The van der Waals surface area contributed by atoms with Gasteiger partial charge in [-0.05, 0) is 48.4 Å². The zero-order valence-corrected chi connectivity index (χ0v) is 22.4. The molecule has 0 fully saturated rings. The van der Waals surface area contributed by atoms with E-state index in [4.69, 9.17) is 11.6 Å². The largest absolute Gasteiger partial charge is 0.508 e. The summed E-state index contributed by atoms with van der Waals surface area (Å²) in [4.78, 5) is 71.2. The van der Waals surface area contributed by atoms with E-state index >= 15 is 0 Å². The van der Waals surface area contributed by atoms with Crippen molar-refractivity contribution in [2.24, 2.45) is 0 Å². The molecule has 0 aliphatic carbocycles. The highest BCUT2D eigenvalue weighted by atomic mass is 35.5. The zero-order chi connectivity index (χ0) is 31.1. The first-order chi connectivity index (χ1) is 19.8. The molecule has 4 N–H and O–H groups in total. The van der Waals surface area contributed by atoms with Crippen LogP contribution in [0.4, 0.5) is 11.4 Å². The van der Waals surface area contributed by atoms with E-state index in [-0.39, 0.29) is 34.0 Å². The third-order valence-corrected chi connectivity index (χ3v) is 6.02. The fourth-order valence-corrected chi connectivity index (χ4v) is 3.88. The van der Waals surface area contributed by atoms with Crippen molar-refractivity contribution < 1.29 is 39.2 Å². The number of carbonyl (C=O) groups excluding carboxylic acids is 3. The second-order valence-electron chi connectivity index (χ2n) is 8.82. The average Bonchev–Trinajstić information content (AvgIpc) is 2.93. The van der Waals surface area contributed by atoms with E-state index in [1.165, 1.54) is 18.2 Å². The Bertz CT molecular complexity index is 1560. The molecule has 0 aliphatic rings. The van der Waals surface area contributed by atoms with Gasteiger partial charge in [0, 0.05) is 24.2 Å². The van der Waals surface area contributed by atoms with Crippen molar-refractivity contribution in [3.8, 4) is 5.75 Å². The number of nitrogens with zero attached hydrogens (tertiary/aromatic N) is 3. The van der Waals surface area contributed by atoms with Crippen molar-refractivity contribution in [3.63, 3.8) is 0 Å². The zero-order valence-electron chi connectivity index (χ0n) is 21.6. The predicted octanol–water partition coefficient (Wildman–Crippen LogP) is 2.98.